The Morgan fingerprint density at radius 3 is 2.61 bits per heavy atom. The molecule has 23 heavy (non-hydrogen) atoms. The molecule has 2 heterocycles. The number of nitrogens with zero attached hydrogens (tertiary/aromatic N) is 3. The van der Waals surface area contributed by atoms with E-state index in [0.717, 1.165) is 39.3 Å². The molecule has 1 aromatic carbocycles. The number of fused-ring (bicyclic) bond motifs is 1. The van der Waals surface area contributed by atoms with Gasteiger partial charge in [-0.15, -0.1) is 0 Å². The Bertz CT molecular complexity index is 492. The third kappa shape index (κ3) is 4.06. The summed E-state index contributed by atoms with van der Waals surface area (Å²) in [5.74, 6) is 0. The van der Waals surface area contributed by atoms with Gasteiger partial charge in [0.05, 0.1) is 0 Å². The van der Waals surface area contributed by atoms with Crippen LogP contribution in [0.2, 0.25) is 0 Å². The molecule has 2 aliphatic rings. The normalized spacial score (nSPS) is 18.7. The Hall–Kier alpha value is -1.10. The Balaban J connectivity index is 1.58. The Morgan fingerprint density at radius 1 is 1.09 bits per heavy atom. The molecule has 0 atom stereocenters. The molecule has 0 unspecified atom stereocenters. The van der Waals surface area contributed by atoms with Gasteiger partial charge in [0.1, 0.15) is 0 Å². The van der Waals surface area contributed by atoms with Gasteiger partial charge in [0.15, 0.2) is 0 Å². The second kappa shape index (κ2) is 8.13. The van der Waals surface area contributed by atoms with Crippen LogP contribution in [0.4, 0.5) is 5.69 Å². The standard InChI is InChI=1S/C19H32N4/c1-3-21(4-2)11-6-12-22-15-17-7-5-8-19(18(17)16-22)23-13-9-20-10-14-23/h5,7-8,20H,3-4,6,9-16H2,1-2H3. The van der Waals surface area contributed by atoms with E-state index in [-0.39, 0.29) is 0 Å². The maximum absolute atomic E-state index is 3.45. The number of hydrogen-bond acceptors (Lipinski definition) is 4. The van der Waals surface area contributed by atoms with E-state index < -0.39 is 0 Å². The lowest BCUT2D eigenvalue weighted by Crippen LogP contribution is -2.43. The van der Waals surface area contributed by atoms with E-state index in [2.05, 4.69) is 52.1 Å². The molecular weight excluding hydrogens is 284 g/mol. The molecule has 3 rings (SSSR count). The van der Waals surface area contributed by atoms with Crippen molar-refractivity contribution < 1.29 is 0 Å². The summed E-state index contributed by atoms with van der Waals surface area (Å²) in [6.45, 7) is 16.1. The molecule has 0 bridgehead atoms. The lowest BCUT2D eigenvalue weighted by atomic mass is 10.1. The van der Waals surface area contributed by atoms with E-state index in [1.165, 1.54) is 38.3 Å². The predicted molar refractivity (Wildman–Crippen MR) is 98.0 cm³/mol. The molecule has 4 heteroatoms. The quantitative estimate of drug-likeness (QED) is 0.832. The second-order valence-corrected chi connectivity index (χ2v) is 6.74. The number of nitrogens with one attached hydrogen (secondary N) is 1. The predicted octanol–water partition coefficient (Wildman–Crippen LogP) is 2.14. The van der Waals surface area contributed by atoms with Crippen molar-refractivity contribution in [2.75, 3.05) is 57.3 Å². The molecule has 2 aliphatic heterocycles. The minimum Gasteiger partial charge on any atom is -0.369 e. The van der Waals surface area contributed by atoms with Crippen molar-refractivity contribution >= 4 is 5.69 Å². The number of piperazine rings is 1. The van der Waals surface area contributed by atoms with Gasteiger partial charge < -0.3 is 15.1 Å². The number of anilines is 1. The molecule has 0 radical (unpaired) electrons. The third-order valence-corrected chi connectivity index (χ3v) is 5.32. The monoisotopic (exact) mass is 316 g/mol. The first-order chi connectivity index (χ1) is 11.3. The van der Waals surface area contributed by atoms with E-state index in [1.807, 2.05) is 0 Å². The highest BCUT2D eigenvalue weighted by Crippen LogP contribution is 2.31. The van der Waals surface area contributed by atoms with Crippen molar-refractivity contribution in [2.24, 2.45) is 0 Å². The summed E-state index contributed by atoms with van der Waals surface area (Å²) in [6, 6.07) is 6.89. The Morgan fingerprint density at radius 2 is 1.87 bits per heavy atom. The average molecular weight is 316 g/mol. The van der Waals surface area contributed by atoms with Crippen LogP contribution in [0.25, 0.3) is 0 Å². The lowest BCUT2D eigenvalue weighted by Gasteiger charge is -2.31. The van der Waals surface area contributed by atoms with Crippen molar-refractivity contribution in [3.63, 3.8) is 0 Å². The summed E-state index contributed by atoms with van der Waals surface area (Å²) >= 11 is 0. The summed E-state index contributed by atoms with van der Waals surface area (Å²) in [4.78, 5) is 7.71. The molecule has 1 aromatic rings. The molecule has 0 aromatic heterocycles. The molecule has 0 saturated carbocycles. The molecule has 4 nitrogen and oxygen atoms in total. The summed E-state index contributed by atoms with van der Waals surface area (Å²) in [7, 11) is 0. The van der Waals surface area contributed by atoms with Crippen LogP contribution in [0.1, 0.15) is 31.4 Å². The molecule has 128 valence electrons. The van der Waals surface area contributed by atoms with Crippen molar-refractivity contribution in [1.82, 2.24) is 15.1 Å². The van der Waals surface area contributed by atoms with Gasteiger partial charge in [0, 0.05) is 51.5 Å². The van der Waals surface area contributed by atoms with Crippen LogP contribution in [-0.2, 0) is 13.1 Å². The Labute approximate surface area is 141 Å². The molecule has 1 fully saturated rings. The zero-order valence-corrected chi connectivity index (χ0v) is 14.9. The van der Waals surface area contributed by atoms with E-state index in [4.69, 9.17) is 0 Å². The minimum absolute atomic E-state index is 1.11. The van der Waals surface area contributed by atoms with Gasteiger partial charge in [-0.05, 0) is 43.2 Å². The van der Waals surface area contributed by atoms with Gasteiger partial charge in [-0.2, -0.15) is 0 Å². The van der Waals surface area contributed by atoms with Crippen LogP contribution in [-0.4, -0.2) is 62.2 Å². The smallest absolute Gasteiger partial charge is 0.0416 e. The summed E-state index contributed by atoms with van der Waals surface area (Å²) in [5.41, 5.74) is 4.61. The number of rotatable bonds is 7. The SMILES string of the molecule is CCN(CC)CCCN1Cc2cccc(N3CCNCC3)c2C1. The molecular formula is C19H32N4. The highest BCUT2D eigenvalue weighted by Gasteiger charge is 2.24. The molecule has 1 saturated heterocycles. The van der Waals surface area contributed by atoms with Crippen molar-refractivity contribution in [3.05, 3.63) is 29.3 Å². The van der Waals surface area contributed by atoms with Crippen molar-refractivity contribution in [1.29, 1.82) is 0 Å². The van der Waals surface area contributed by atoms with Gasteiger partial charge in [-0.1, -0.05) is 26.0 Å². The van der Waals surface area contributed by atoms with Crippen LogP contribution in [0.3, 0.4) is 0 Å². The number of benzene rings is 1. The first-order valence-corrected chi connectivity index (χ1v) is 9.33. The second-order valence-electron chi connectivity index (χ2n) is 6.74. The van der Waals surface area contributed by atoms with E-state index >= 15 is 0 Å². The van der Waals surface area contributed by atoms with Gasteiger partial charge in [-0.3, -0.25) is 4.90 Å². The first kappa shape index (κ1) is 16.7. The molecule has 0 amide bonds. The molecule has 1 N–H and O–H groups in total. The van der Waals surface area contributed by atoms with E-state index in [9.17, 15) is 0 Å². The Kier molecular flexibility index (Phi) is 5.92. The van der Waals surface area contributed by atoms with Crippen molar-refractivity contribution in [3.8, 4) is 0 Å². The fourth-order valence-corrected chi connectivity index (χ4v) is 3.89. The summed E-state index contributed by atoms with van der Waals surface area (Å²) in [6.07, 6.45) is 1.28. The van der Waals surface area contributed by atoms with E-state index in [0.29, 0.717) is 0 Å². The maximum atomic E-state index is 3.45. The van der Waals surface area contributed by atoms with Crippen LogP contribution in [0, 0.1) is 0 Å². The minimum atomic E-state index is 1.11. The highest BCUT2D eigenvalue weighted by atomic mass is 15.2. The number of hydrogen-bond donors (Lipinski definition) is 1. The first-order valence-electron chi connectivity index (χ1n) is 9.33. The van der Waals surface area contributed by atoms with Gasteiger partial charge in [0.25, 0.3) is 0 Å². The zero-order valence-electron chi connectivity index (χ0n) is 14.9. The van der Waals surface area contributed by atoms with Crippen LogP contribution < -0.4 is 10.2 Å². The largest absolute Gasteiger partial charge is 0.369 e. The summed E-state index contributed by atoms with van der Waals surface area (Å²) < 4.78 is 0. The highest BCUT2D eigenvalue weighted by molar-refractivity contribution is 5.58. The average Bonchev–Trinajstić information content (AvgIpc) is 3.02. The van der Waals surface area contributed by atoms with Gasteiger partial charge >= 0.3 is 0 Å². The van der Waals surface area contributed by atoms with Gasteiger partial charge in [0.2, 0.25) is 0 Å². The topological polar surface area (TPSA) is 21.8 Å². The maximum Gasteiger partial charge on any atom is 0.0416 e. The fraction of sp³-hybridized carbons (Fsp3) is 0.684. The lowest BCUT2D eigenvalue weighted by molar-refractivity contribution is 0.240. The van der Waals surface area contributed by atoms with Crippen LogP contribution in [0.15, 0.2) is 18.2 Å². The fourth-order valence-electron chi connectivity index (χ4n) is 3.89. The zero-order chi connectivity index (χ0) is 16.1. The van der Waals surface area contributed by atoms with Crippen molar-refractivity contribution in [2.45, 2.75) is 33.4 Å². The van der Waals surface area contributed by atoms with Crippen LogP contribution >= 0.6 is 0 Å². The van der Waals surface area contributed by atoms with E-state index in [1.54, 1.807) is 11.1 Å². The summed E-state index contributed by atoms with van der Waals surface area (Å²) in [5, 5.41) is 3.45. The van der Waals surface area contributed by atoms with Gasteiger partial charge in [-0.25, -0.2) is 0 Å². The molecule has 0 aliphatic carbocycles. The molecule has 0 spiro atoms. The van der Waals surface area contributed by atoms with Crippen LogP contribution in [0.5, 0.6) is 0 Å². The third-order valence-electron chi connectivity index (χ3n) is 5.32.